The minimum Gasteiger partial charge on any atom is -0.457 e. The van der Waals surface area contributed by atoms with Gasteiger partial charge in [0.2, 0.25) is 0 Å². The first kappa shape index (κ1) is 35.0. The Labute approximate surface area is 328 Å². The summed E-state index contributed by atoms with van der Waals surface area (Å²) in [6.07, 6.45) is 1.87. The van der Waals surface area contributed by atoms with Crippen LogP contribution in [-0.2, 0) is 0 Å². The normalized spacial score (nSPS) is 11.6. The highest BCUT2D eigenvalue weighted by atomic mass is 16.5. The van der Waals surface area contributed by atoms with Gasteiger partial charge < -0.3 is 4.74 Å². The van der Waals surface area contributed by atoms with Crippen molar-refractivity contribution in [1.29, 1.82) is 0 Å². The van der Waals surface area contributed by atoms with Crippen LogP contribution >= 0.6 is 0 Å². The number of aryl methyl sites for hydroxylation is 4. The second-order valence-corrected chi connectivity index (χ2v) is 15.2. The van der Waals surface area contributed by atoms with Crippen LogP contribution in [0.5, 0.6) is 11.5 Å². The van der Waals surface area contributed by atoms with Gasteiger partial charge in [-0.25, -0.2) is 9.67 Å². The van der Waals surface area contributed by atoms with E-state index in [2.05, 4.69) is 190 Å². The van der Waals surface area contributed by atoms with Gasteiger partial charge in [-0.3, -0.25) is 4.57 Å². The molecular weight excluding hydrogens is 685 g/mol. The Kier molecular flexibility index (Phi) is 8.86. The summed E-state index contributed by atoms with van der Waals surface area (Å²) in [5, 5.41) is 7.86. The molecule has 56 heavy (non-hydrogen) atoms. The van der Waals surface area contributed by atoms with Crippen molar-refractivity contribution in [2.24, 2.45) is 0 Å². The number of hydrogen-bond acceptors (Lipinski definition) is 3. The lowest BCUT2D eigenvalue weighted by atomic mass is 9.89. The van der Waals surface area contributed by atoms with Crippen LogP contribution in [0.1, 0.15) is 47.6 Å². The van der Waals surface area contributed by atoms with E-state index >= 15 is 0 Å². The summed E-state index contributed by atoms with van der Waals surface area (Å²) in [6.45, 7) is 13.1. The van der Waals surface area contributed by atoms with Crippen LogP contribution in [0.25, 0.3) is 67.0 Å². The first-order valence-electron chi connectivity index (χ1n) is 19.3. The van der Waals surface area contributed by atoms with Gasteiger partial charge in [0.25, 0.3) is 0 Å². The van der Waals surface area contributed by atoms with E-state index in [1.54, 1.807) is 0 Å². The third-order valence-corrected chi connectivity index (χ3v) is 10.7. The molecule has 9 aromatic rings. The van der Waals surface area contributed by atoms with Crippen molar-refractivity contribution < 1.29 is 4.74 Å². The molecule has 0 saturated heterocycles. The second-order valence-electron chi connectivity index (χ2n) is 15.2. The fourth-order valence-electron chi connectivity index (χ4n) is 8.24. The zero-order chi connectivity index (χ0) is 38.5. The van der Waals surface area contributed by atoms with E-state index < -0.39 is 0 Å². The summed E-state index contributed by atoms with van der Waals surface area (Å²) >= 11 is 0. The van der Waals surface area contributed by atoms with Gasteiger partial charge in [0.1, 0.15) is 23.0 Å². The fourth-order valence-corrected chi connectivity index (χ4v) is 8.24. The largest absolute Gasteiger partial charge is 0.457 e. The number of aromatic nitrogens is 4. The molecule has 3 aromatic heterocycles. The predicted molar refractivity (Wildman–Crippen MR) is 232 cm³/mol. The number of ether oxygens (including phenoxy) is 1. The van der Waals surface area contributed by atoms with Crippen LogP contribution in [0, 0.1) is 27.7 Å². The van der Waals surface area contributed by atoms with Crippen LogP contribution in [0.4, 0.5) is 0 Å². The van der Waals surface area contributed by atoms with Gasteiger partial charge in [-0.15, -0.1) is 0 Å². The van der Waals surface area contributed by atoms with E-state index in [0.29, 0.717) is 0 Å². The number of hydrogen-bond donors (Lipinski definition) is 0. The number of rotatable bonds is 8. The Morgan fingerprint density at radius 3 is 1.95 bits per heavy atom. The molecule has 0 amide bonds. The first-order valence-corrected chi connectivity index (χ1v) is 19.3. The molecule has 3 heterocycles. The van der Waals surface area contributed by atoms with E-state index in [9.17, 15) is 0 Å². The monoisotopic (exact) mass is 728 g/mol. The van der Waals surface area contributed by atoms with Crippen LogP contribution in [-0.4, -0.2) is 19.3 Å². The summed E-state index contributed by atoms with van der Waals surface area (Å²) in [7, 11) is 0. The minimum atomic E-state index is 0.250. The topological polar surface area (TPSA) is 44.9 Å². The molecule has 0 atom stereocenters. The van der Waals surface area contributed by atoms with E-state index in [0.717, 1.165) is 78.6 Å². The van der Waals surface area contributed by atoms with E-state index in [1.807, 2.05) is 12.3 Å². The lowest BCUT2D eigenvalue weighted by Crippen LogP contribution is -2.03. The molecule has 9 rings (SSSR count). The van der Waals surface area contributed by atoms with Gasteiger partial charge in [0, 0.05) is 45.8 Å². The van der Waals surface area contributed by atoms with Gasteiger partial charge in [-0.1, -0.05) is 110 Å². The smallest absolute Gasteiger partial charge is 0.137 e. The molecule has 0 aliphatic heterocycles. The molecule has 0 unspecified atom stereocenters. The van der Waals surface area contributed by atoms with Crippen LogP contribution in [0.3, 0.4) is 0 Å². The molecule has 0 fully saturated rings. The van der Waals surface area contributed by atoms with Gasteiger partial charge >= 0.3 is 0 Å². The molecule has 5 nitrogen and oxygen atoms in total. The van der Waals surface area contributed by atoms with Crippen LogP contribution < -0.4 is 4.74 Å². The van der Waals surface area contributed by atoms with Crippen molar-refractivity contribution in [1.82, 2.24) is 19.3 Å². The maximum Gasteiger partial charge on any atom is 0.137 e. The highest BCUT2D eigenvalue weighted by Crippen LogP contribution is 2.45. The molecule has 5 heteroatoms. The maximum atomic E-state index is 6.88. The molecule has 0 radical (unpaired) electrons. The molecule has 6 aromatic carbocycles. The fraction of sp³-hybridized carbons (Fsp3) is 0.137. The van der Waals surface area contributed by atoms with E-state index in [1.165, 1.54) is 27.6 Å². The zero-order valence-electron chi connectivity index (χ0n) is 32.7. The Balaban J connectivity index is 1.25. The standard InChI is InChI=1S/C51H44N4O/c1-32(2)39-28-40(30-42(29-39)56-41-21-22-44-43-19-13-14-20-45(43)54(46(44)31-41)47-27-33(3)23-24-52-47)55-51(38-17-11-8-12-18-38)49(48-35(5)25-34(4)26-36(48)6)50(53-55)37-15-9-7-10-16-37/h7-32H,1-6H3. The lowest BCUT2D eigenvalue weighted by Gasteiger charge is -2.17. The molecule has 274 valence electrons. The number of benzene rings is 6. The third kappa shape index (κ3) is 6.25. The number of para-hydroxylation sites is 1. The average Bonchev–Trinajstić information content (AvgIpc) is 3.74. The number of fused-ring (bicyclic) bond motifs is 3. The van der Waals surface area contributed by atoms with Gasteiger partial charge in [-0.05, 0) is 104 Å². The number of nitrogens with zero attached hydrogens (tertiary/aromatic N) is 4. The van der Waals surface area contributed by atoms with Crippen molar-refractivity contribution >= 4 is 21.8 Å². The van der Waals surface area contributed by atoms with Crippen LogP contribution in [0.15, 0.2) is 152 Å². The Morgan fingerprint density at radius 1 is 0.554 bits per heavy atom. The second kappa shape index (κ2) is 14.2. The van der Waals surface area contributed by atoms with Crippen molar-refractivity contribution in [3.05, 3.63) is 180 Å². The van der Waals surface area contributed by atoms with Crippen molar-refractivity contribution in [2.45, 2.75) is 47.5 Å². The SMILES string of the molecule is Cc1ccnc(-n2c3ccccc3c3ccc(Oc4cc(C(C)C)cc(-n5nc(-c6ccccc6)c(-c6c(C)cc(C)cc6C)c5-c5ccccc5)c4)cc32)c1. The predicted octanol–water partition coefficient (Wildman–Crippen LogP) is 13.5. The zero-order valence-corrected chi connectivity index (χ0v) is 32.7. The Bertz CT molecular complexity index is 2880. The van der Waals surface area contributed by atoms with Crippen molar-refractivity contribution in [3.8, 4) is 56.6 Å². The van der Waals surface area contributed by atoms with Gasteiger partial charge in [-0.2, -0.15) is 5.10 Å². The maximum absolute atomic E-state index is 6.88. The summed E-state index contributed by atoms with van der Waals surface area (Å²) in [4.78, 5) is 4.79. The highest BCUT2D eigenvalue weighted by Gasteiger charge is 2.26. The molecule has 0 bridgehead atoms. The molecule has 0 N–H and O–H groups in total. The summed E-state index contributed by atoms with van der Waals surface area (Å²) < 4.78 is 11.2. The van der Waals surface area contributed by atoms with Gasteiger partial charge in [0.05, 0.1) is 22.4 Å². The van der Waals surface area contributed by atoms with Gasteiger partial charge in [0.15, 0.2) is 0 Å². The summed E-state index contributed by atoms with van der Waals surface area (Å²) in [6, 6.07) is 51.3. The molecule has 0 spiro atoms. The quantitative estimate of drug-likeness (QED) is 0.156. The molecule has 0 saturated carbocycles. The van der Waals surface area contributed by atoms with E-state index in [4.69, 9.17) is 14.8 Å². The Hall–Kier alpha value is -6.72. The molecular formula is C51H44N4O. The average molecular weight is 729 g/mol. The third-order valence-electron chi connectivity index (χ3n) is 10.7. The number of pyridine rings is 1. The summed E-state index contributed by atoms with van der Waals surface area (Å²) in [5.74, 6) is 2.64. The van der Waals surface area contributed by atoms with Crippen molar-refractivity contribution in [3.63, 3.8) is 0 Å². The Morgan fingerprint density at radius 2 is 1.23 bits per heavy atom. The first-order chi connectivity index (χ1) is 27.2. The van der Waals surface area contributed by atoms with Crippen molar-refractivity contribution in [2.75, 3.05) is 0 Å². The minimum absolute atomic E-state index is 0.250. The summed E-state index contributed by atoms with van der Waals surface area (Å²) in [5.41, 5.74) is 15.6. The highest BCUT2D eigenvalue weighted by molar-refractivity contribution is 6.09. The van der Waals surface area contributed by atoms with Crippen LogP contribution in [0.2, 0.25) is 0 Å². The lowest BCUT2D eigenvalue weighted by molar-refractivity contribution is 0.481. The molecule has 0 aliphatic carbocycles. The molecule has 0 aliphatic rings. The van der Waals surface area contributed by atoms with E-state index in [-0.39, 0.29) is 5.92 Å².